The Balaban J connectivity index is 1.44. The fourth-order valence-electron chi connectivity index (χ4n) is 5.30. The predicted molar refractivity (Wildman–Crippen MR) is 82.1 cm³/mol. The number of rotatable bonds is 6. The Morgan fingerprint density at radius 2 is 1.79 bits per heavy atom. The molecule has 0 aromatic heterocycles. The highest BCUT2D eigenvalue weighted by Crippen LogP contribution is 2.52. The van der Waals surface area contributed by atoms with Crippen LogP contribution in [0.25, 0.3) is 0 Å². The van der Waals surface area contributed by atoms with Crippen molar-refractivity contribution in [1.29, 1.82) is 0 Å². The van der Waals surface area contributed by atoms with E-state index < -0.39 is 0 Å². The van der Waals surface area contributed by atoms with Crippen LogP contribution in [-0.2, 0) is 0 Å². The molecule has 2 bridgehead atoms. The van der Waals surface area contributed by atoms with Crippen molar-refractivity contribution in [1.82, 2.24) is 5.32 Å². The highest BCUT2D eigenvalue weighted by Gasteiger charge is 2.41. The molecule has 3 rings (SSSR count). The monoisotopic (exact) mass is 263 g/mol. The fourth-order valence-corrected chi connectivity index (χ4v) is 5.30. The van der Waals surface area contributed by atoms with E-state index in [2.05, 4.69) is 19.2 Å². The lowest BCUT2D eigenvalue weighted by Gasteiger charge is -2.28. The van der Waals surface area contributed by atoms with Crippen LogP contribution < -0.4 is 5.32 Å². The quantitative estimate of drug-likeness (QED) is 0.745. The van der Waals surface area contributed by atoms with Gasteiger partial charge in [-0.25, -0.2) is 0 Å². The van der Waals surface area contributed by atoms with Gasteiger partial charge in [-0.05, 0) is 80.7 Å². The van der Waals surface area contributed by atoms with Crippen molar-refractivity contribution < 1.29 is 0 Å². The summed E-state index contributed by atoms with van der Waals surface area (Å²) in [5.41, 5.74) is 0. The van der Waals surface area contributed by atoms with Gasteiger partial charge in [-0.15, -0.1) is 0 Å². The van der Waals surface area contributed by atoms with Gasteiger partial charge in [0.2, 0.25) is 0 Å². The summed E-state index contributed by atoms with van der Waals surface area (Å²) in [6.45, 7) is 7.13. The van der Waals surface area contributed by atoms with Gasteiger partial charge in [-0.3, -0.25) is 0 Å². The maximum absolute atomic E-state index is 3.72. The van der Waals surface area contributed by atoms with Crippen molar-refractivity contribution in [3.63, 3.8) is 0 Å². The zero-order chi connectivity index (χ0) is 13.2. The second-order valence-electron chi connectivity index (χ2n) is 8.17. The van der Waals surface area contributed by atoms with Crippen LogP contribution in [0.2, 0.25) is 0 Å². The third kappa shape index (κ3) is 3.35. The van der Waals surface area contributed by atoms with Gasteiger partial charge >= 0.3 is 0 Å². The molecular weight excluding hydrogens is 230 g/mol. The zero-order valence-corrected chi connectivity index (χ0v) is 13.0. The third-order valence-corrected chi connectivity index (χ3v) is 6.27. The summed E-state index contributed by atoms with van der Waals surface area (Å²) >= 11 is 0. The molecule has 110 valence electrons. The molecule has 0 heterocycles. The van der Waals surface area contributed by atoms with Gasteiger partial charge in [0.05, 0.1) is 0 Å². The SMILES string of the molecule is CC(C)CNCC1CCCC1CC1CC2CCC1C2. The molecule has 3 fully saturated rings. The Morgan fingerprint density at radius 1 is 0.947 bits per heavy atom. The number of nitrogens with one attached hydrogen (secondary N) is 1. The van der Waals surface area contributed by atoms with Gasteiger partial charge in [-0.2, -0.15) is 0 Å². The fraction of sp³-hybridized carbons (Fsp3) is 1.00. The Morgan fingerprint density at radius 3 is 2.47 bits per heavy atom. The van der Waals surface area contributed by atoms with E-state index in [4.69, 9.17) is 0 Å². The average Bonchev–Trinajstić information content (AvgIpc) is 3.06. The summed E-state index contributed by atoms with van der Waals surface area (Å²) in [4.78, 5) is 0. The molecule has 0 aromatic carbocycles. The molecule has 3 saturated carbocycles. The van der Waals surface area contributed by atoms with E-state index in [9.17, 15) is 0 Å². The van der Waals surface area contributed by atoms with Gasteiger partial charge in [0.1, 0.15) is 0 Å². The summed E-state index contributed by atoms with van der Waals surface area (Å²) in [5.74, 6) is 6.24. The molecule has 5 atom stereocenters. The lowest BCUT2D eigenvalue weighted by molar-refractivity contribution is 0.232. The summed E-state index contributed by atoms with van der Waals surface area (Å²) in [6.07, 6.45) is 12.4. The van der Waals surface area contributed by atoms with Crippen molar-refractivity contribution in [3.05, 3.63) is 0 Å². The molecule has 1 heteroatoms. The first kappa shape index (κ1) is 13.9. The molecule has 19 heavy (non-hydrogen) atoms. The lowest BCUT2D eigenvalue weighted by Crippen LogP contribution is -2.29. The van der Waals surface area contributed by atoms with Crippen LogP contribution in [0.5, 0.6) is 0 Å². The Labute approximate surface area is 119 Å². The van der Waals surface area contributed by atoms with Crippen molar-refractivity contribution in [2.45, 2.75) is 65.2 Å². The van der Waals surface area contributed by atoms with Gasteiger partial charge in [0.25, 0.3) is 0 Å². The molecule has 0 spiro atoms. The first-order valence-corrected chi connectivity index (χ1v) is 8.93. The highest BCUT2D eigenvalue weighted by atomic mass is 14.9. The van der Waals surface area contributed by atoms with E-state index in [1.165, 1.54) is 32.4 Å². The first-order chi connectivity index (χ1) is 9.22. The third-order valence-electron chi connectivity index (χ3n) is 6.27. The van der Waals surface area contributed by atoms with Gasteiger partial charge < -0.3 is 5.32 Å². The molecule has 0 amide bonds. The molecule has 1 N–H and O–H groups in total. The maximum Gasteiger partial charge on any atom is -0.00178 e. The van der Waals surface area contributed by atoms with Crippen LogP contribution in [0.15, 0.2) is 0 Å². The predicted octanol–water partition coefficient (Wildman–Crippen LogP) is 4.47. The molecule has 1 nitrogen and oxygen atoms in total. The molecule has 3 aliphatic rings. The summed E-state index contributed by atoms with van der Waals surface area (Å²) in [6, 6.07) is 0. The standard InChI is InChI=1S/C18H33N/c1-13(2)11-19-12-17-5-3-4-15(17)10-18-9-14-6-7-16(18)8-14/h13-19H,3-12H2,1-2H3. The van der Waals surface area contributed by atoms with E-state index >= 15 is 0 Å². The summed E-state index contributed by atoms with van der Waals surface area (Å²) in [7, 11) is 0. The maximum atomic E-state index is 3.72. The molecule has 3 aliphatic carbocycles. The highest BCUT2D eigenvalue weighted by molar-refractivity contribution is 4.92. The zero-order valence-electron chi connectivity index (χ0n) is 13.0. The van der Waals surface area contributed by atoms with Crippen LogP contribution in [0.4, 0.5) is 0 Å². The van der Waals surface area contributed by atoms with Crippen LogP contribution in [0.1, 0.15) is 65.2 Å². The minimum Gasteiger partial charge on any atom is -0.316 e. The van der Waals surface area contributed by atoms with Crippen LogP contribution in [0, 0.1) is 35.5 Å². The summed E-state index contributed by atoms with van der Waals surface area (Å²) < 4.78 is 0. The van der Waals surface area contributed by atoms with E-state index in [-0.39, 0.29) is 0 Å². The van der Waals surface area contributed by atoms with Crippen molar-refractivity contribution in [3.8, 4) is 0 Å². The van der Waals surface area contributed by atoms with E-state index in [0.717, 1.165) is 35.5 Å². The first-order valence-electron chi connectivity index (χ1n) is 8.93. The molecule has 5 unspecified atom stereocenters. The van der Waals surface area contributed by atoms with Crippen molar-refractivity contribution in [2.24, 2.45) is 35.5 Å². The van der Waals surface area contributed by atoms with E-state index in [1.54, 1.807) is 32.1 Å². The number of fused-ring (bicyclic) bond motifs is 2. The smallest absolute Gasteiger partial charge is 0.00178 e. The Kier molecular flexibility index (Phi) is 4.51. The Bertz CT molecular complexity index is 285. The second-order valence-corrected chi connectivity index (χ2v) is 8.17. The number of hydrogen-bond donors (Lipinski definition) is 1. The molecule has 0 radical (unpaired) electrons. The second kappa shape index (κ2) is 6.16. The van der Waals surface area contributed by atoms with Crippen molar-refractivity contribution >= 4 is 0 Å². The minimum absolute atomic E-state index is 0.797. The van der Waals surface area contributed by atoms with Crippen LogP contribution in [0.3, 0.4) is 0 Å². The van der Waals surface area contributed by atoms with Crippen molar-refractivity contribution in [2.75, 3.05) is 13.1 Å². The van der Waals surface area contributed by atoms with Crippen LogP contribution >= 0.6 is 0 Å². The largest absolute Gasteiger partial charge is 0.316 e. The van der Waals surface area contributed by atoms with E-state index in [0.29, 0.717) is 0 Å². The topological polar surface area (TPSA) is 12.0 Å². The van der Waals surface area contributed by atoms with Gasteiger partial charge in [0, 0.05) is 0 Å². The average molecular weight is 263 g/mol. The Hall–Kier alpha value is -0.0400. The normalized spacial score (nSPS) is 41.5. The van der Waals surface area contributed by atoms with Crippen LogP contribution in [-0.4, -0.2) is 13.1 Å². The molecule has 0 saturated heterocycles. The van der Waals surface area contributed by atoms with Gasteiger partial charge in [-0.1, -0.05) is 33.1 Å². The van der Waals surface area contributed by atoms with Gasteiger partial charge in [0.15, 0.2) is 0 Å². The molecule has 0 aliphatic heterocycles. The van der Waals surface area contributed by atoms with E-state index in [1.807, 2.05) is 0 Å². The lowest BCUT2D eigenvalue weighted by atomic mass is 9.79. The minimum atomic E-state index is 0.797. The molecular formula is C18H33N. The summed E-state index contributed by atoms with van der Waals surface area (Å²) in [5, 5.41) is 3.72. The number of hydrogen-bond acceptors (Lipinski definition) is 1. The molecule has 0 aromatic rings.